The number of benzene rings is 1. The van der Waals surface area contributed by atoms with Crippen molar-refractivity contribution in [2.45, 2.75) is 13.5 Å². The first-order valence-corrected chi connectivity index (χ1v) is 4.00. The molecule has 1 aromatic carbocycles. The number of hydrogen-bond acceptors (Lipinski definition) is 3. The topological polar surface area (TPSA) is 63.4 Å². The molecule has 1 N–H and O–H groups in total. The monoisotopic (exact) mass is 191 g/mol. The van der Waals surface area contributed by atoms with Gasteiger partial charge in [-0.3, -0.25) is 10.1 Å². The summed E-state index contributed by atoms with van der Waals surface area (Å²) in [5.41, 5.74) is 0.925. The van der Waals surface area contributed by atoms with Gasteiger partial charge in [-0.15, -0.1) is 5.92 Å². The largest absolute Gasteiger partial charge is 0.392 e. The molecular weight excluding hydrogens is 182 g/mol. The Bertz CT molecular complexity index is 415. The normalized spacial score (nSPS) is 9.00. The van der Waals surface area contributed by atoms with Gasteiger partial charge in [0.25, 0.3) is 5.69 Å². The van der Waals surface area contributed by atoms with Crippen LogP contribution in [0.3, 0.4) is 0 Å². The van der Waals surface area contributed by atoms with E-state index >= 15 is 0 Å². The minimum absolute atomic E-state index is 0.0310. The van der Waals surface area contributed by atoms with E-state index in [1.807, 2.05) is 0 Å². The fourth-order valence-electron chi connectivity index (χ4n) is 1.08. The van der Waals surface area contributed by atoms with Crippen molar-refractivity contribution in [3.05, 3.63) is 39.4 Å². The molecule has 0 atom stereocenters. The molecule has 0 saturated carbocycles. The van der Waals surface area contributed by atoms with Crippen molar-refractivity contribution >= 4 is 5.69 Å². The summed E-state index contributed by atoms with van der Waals surface area (Å²) in [5.74, 6) is 5.22. The van der Waals surface area contributed by atoms with Crippen LogP contribution in [0.25, 0.3) is 0 Å². The second-order valence-corrected chi connectivity index (χ2v) is 2.64. The first-order valence-electron chi connectivity index (χ1n) is 4.00. The maximum absolute atomic E-state index is 10.6. The van der Waals surface area contributed by atoms with E-state index < -0.39 is 4.92 Å². The highest BCUT2D eigenvalue weighted by Gasteiger charge is 2.11. The van der Waals surface area contributed by atoms with E-state index in [2.05, 4.69) is 11.8 Å². The van der Waals surface area contributed by atoms with Crippen LogP contribution in [0.2, 0.25) is 0 Å². The zero-order valence-corrected chi connectivity index (χ0v) is 7.65. The Labute approximate surface area is 81.3 Å². The first kappa shape index (κ1) is 10.2. The van der Waals surface area contributed by atoms with Crippen LogP contribution in [0.4, 0.5) is 5.69 Å². The molecule has 1 rings (SSSR count). The van der Waals surface area contributed by atoms with E-state index in [4.69, 9.17) is 5.11 Å². The highest BCUT2D eigenvalue weighted by atomic mass is 16.6. The number of aliphatic hydroxyl groups excluding tert-OH is 1. The average molecular weight is 191 g/mol. The SMILES string of the molecule is CC#Cc1cc(CO)ccc1[N+](=O)[O-]. The molecule has 0 amide bonds. The molecule has 0 saturated heterocycles. The Kier molecular flexibility index (Phi) is 3.21. The maximum atomic E-state index is 10.6. The minimum Gasteiger partial charge on any atom is -0.392 e. The second kappa shape index (κ2) is 4.40. The van der Waals surface area contributed by atoms with E-state index in [1.165, 1.54) is 18.2 Å². The van der Waals surface area contributed by atoms with Crippen LogP contribution < -0.4 is 0 Å². The Balaban J connectivity index is 3.28. The molecule has 0 aliphatic rings. The molecule has 0 bridgehead atoms. The highest BCUT2D eigenvalue weighted by molar-refractivity contribution is 5.52. The smallest absolute Gasteiger partial charge is 0.284 e. The van der Waals surface area contributed by atoms with Crippen LogP contribution in [0, 0.1) is 22.0 Å². The summed E-state index contributed by atoms with van der Waals surface area (Å²) in [7, 11) is 0. The molecule has 0 spiro atoms. The highest BCUT2D eigenvalue weighted by Crippen LogP contribution is 2.18. The molecule has 14 heavy (non-hydrogen) atoms. The van der Waals surface area contributed by atoms with Gasteiger partial charge in [0, 0.05) is 6.07 Å². The minimum atomic E-state index is -0.485. The van der Waals surface area contributed by atoms with E-state index in [9.17, 15) is 10.1 Å². The lowest BCUT2D eigenvalue weighted by atomic mass is 10.1. The van der Waals surface area contributed by atoms with Gasteiger partial charge in [0.2, 0.25) is 0 Å². The quantitative estimate of drug-likeness (QED) is 0.437. The molecular formula is C10H9NO3. The van der Waals surface area contributed by atoms with Gasteiger partial charge in [-0.2, -0.15) is 0 Å². The lowest BCUT2D eigenvalue weighted by Gasteiger charge is -1.98. The molecule has 0 aromatic heterocycles. The molecule has 0 fully saturated rings. The molecule has 0 aliphatic carbocycles. The number of aliphatic hydroxyl groups is 1. The lowest BCUT2D eigenvalue weighted by Crippen LogP contribution is -1.94. The third-order valence-corrected chi connectivity index (χ3v) is 1.70. The van der Waals surface area contributed by atoms with Crippen molar-refractivity contribution < 1.29 is 10.0 Å². The Morgan fingerprint density at radius 1 is 1.57 bits per heavy atom. The standard InChI is InChI=1S/C10H9NO3/c1-2-3-9-6-8(7-12)4-5-10(9)11(13)14/h4-6,12H,7H2,1H3. The number of nitro groups is 1. The number of rotatable bonds is 2. The maximum Gasteiger partial charge on any atom is 0.284 e. The van der Waals surface area contributed by atoms with Gasteiger partial charge in [-0.25, -0.2) is 0 Å². The summed E-state index contributed by atoms with van der Waals surface area (Å²) in [6, 6.07) is 4.39. The molecule has 0 unspecified atom stereocenters. The van der Waals surface area contributed by atoms with Crippen molar-refractivity contribution in [2.75, 3.05) is 0 Å². The molecule has 4 heteroatoms. The zero-order valence-electron chi connectivity index (χ0n) is 7.65. The molecule has 0 radical (unpaired) electrons. The van der Waals surface area contributed by atoms with E-state index in [-0.39, 0.29) is 12.3 Å². The molecule has 0 heterocycles. The number of hydrogen-bond donors (Lipinski definition) is 1. The third kappa shape index (κ3) is 2.09. The van der Waals surface area contributed by atoms with Crippen LogP contribution in [0.5, 0.6) is 0 Å². The van der Waals surface area contributed by atoms with E-state index in [0.717, 1.165) is 0 Å². The Hall–Kier alpha value is -1.86. The zero-order chi connectivity index (χ0) is 10.6. The van der Waals surface area contributed by atoms with Gasteiger partial charge >= 0.3 is 0 Å². The Morgan fingerprint density at radius 2 is 2.29 bits per heavy atom. The van der Waals surface area contributed by atoms with E-state index in [1.54, 1.807) is 6.92 Å². The lowest BCUT2D eigenvalue weighted by molar-refractivity contribution is -0.385. The summed E-state index contributed by atoms with van der Waals surface area (Å²) >= 11 is 0. The predicted molar refractivity (Wildman–Crippen MR) is 51.6 cm³/mol. The van der Waals surface area contributed by atoms with Gasteiger partial charge in [0.1, 0.15) is 5.56 Å². The fourth-order valence-corrected chi connectivity index (χ4v) is 1.08. The van der Waals surface area contributed by atoms with Crippen LogP contribution in [-0.2, 0) is 6.61 Å². The first-order chi connectivity index (χ1) is 6.69. The van der Waals surface area contributed by atoms with Crippen molar-refractivity contribution in [3.63, 3.8) is 0 Å². The molecule has 4 nitrogen and oxygen atoms in total. The van der Waals surface area contributed by atoms with Crippen LogP contribution in [0.1, 0.15) is 18.1 Å². The third-order valence-electron chi connectivity index (χ3n) is 1.70. The van der Waals surface area contributed by atoms with Gasteiger partial charge < -0.3 is 5.11 Å². The fraction of sp³-hybridized carbons (Fsp3) is 0.200. The number of nitro benzene ring substituents is 1. The summed E-state index contributed by atoms with van der Waals surface area (Å²) < 4.78 is 0. The summed E-state index contributed by atoms with van der Waals surface area (Å²) in [5, 5.41) is 19.4. The molecule has 0 aliphatic heterocycles. The Morgan fingerprint density at radius 3 is 2.79 bits per heavy atom. The van der Waals surface area contributed by atoms with Crippen LogP contribution >= 0.6 is 0 Å². The van der Waals surface area contributed by atoms with Crippen LogP contribution in [0.15, 0.2) is 18.2 Å². The average Bonchev–Trinajstić information content (AvgIpc) is 2.17. The summed E-state index contributed by atoms with van der Waals surface area (Å²) in [6.07, 6.45) is 0. The van der Waals surface area contributed by atoms with Gasteiger partial charge in [0.15, 0.2) is 0 Å². The summed E-state index contributed by atoms with van der Waals surface area (Å²) in [4.78, 5) is 10.1. The predicted octanol–water partition coefficient (Wildman–Crippen LogP) is 1.46. The van der Waals surface area contributed by atoms with Crippen molar-refractivity contribution in [1.82, 2.24) is 0 Å². The number of nitrogens with zero attached hydrogens (tertiary/aromatic N) is 1. The van der Waals surface area contributed by atoms with Gasteiger partial charge in [0.05, 0.1) is 11.5 Å². The van der Waals surface area contributed by atoms with Gasteiger partial charge in [-0.1, -0.05) is 5.92 Å². The molecule has 1 aromatic rings. The van der Waals surface area contributed by atoms with Crippen molar-refractivity contribution in [2.24, 2.45) is 0 Å². The second-order valence-electron chi connectivity index (χ2n) is 2.64. The van der Waals surface area contributed by atoms with Crippen LogP contribution in [-0.4, -0.2) is 10.0 Å². The van der Waals surface area contributed by atoms with Gasteiger partial charge in [-0.05, 0) is 24.6 Å². The van der Waals surface area contributed by atoms with Crippen molar-refractivity contribution in [3.8, 4) is 11.8 Å². The molecule has 72 valence electrons. The van der Waals surface area contributed by atoms with E-state index in [0.29, 0.717) is 11.1 Å². The van der Waals surface area contributed by atoms with Crippen molar-refractivity contribution in [1.29, 1.82) is 0 Å². The summed E-state index contributed by atoms with van der Waals surface area (Å²) in [6.45, 7) is 1.46.